The number of hydrogen-bond donors (Lipinski definition) is 1. The van der Waals surface area contributed by atoms with E-state index in [9.17, 15) is 14.4 Å². The maximum atomic E-state index is 12.6. The summed E-state index contributed by atoms with van der Waals surface area (Å²) in [6.45, 7) is 9.09. The number of hydrogen-bond acceptors (Lipinski definition) is 5. The number of aromatic amines is 1. The van der Waals surface area contributed by atoms with E-state index in [1.165, 1.54) is 4.52 Å². The van der Waals surface area contributed by atoms with Crippen LogP contribution in [0, 0.1) is 0 Å². The van der Waals surface area contributed by atoms with Crippen LogP contribution in [0.25, 0.3) is 5.65 Å². The zero-order valence-corrected chi connectivity index (χ0v) is 18.5. The van der Waals surface area contributed by atoms with Crippen LogP contribution in [0.15, 0.2) is 16.9 Å². The van der Waals surface area contributed by atoms with Crippen molar-refractivity contribution >= 4 is 17.5 Å². The van der Waals surface area contributed by atoms with Gasteiger partial charge < -0.3 is 14.5 Å². The highest BCUT2D eigenvalue weighted by Crippen LogP contribution is 2.26. The zero-order valence-electron chi connectivity index (χ0n) is 18.5. The van der Waals surface area contributed by atoms with Gasteiger partial charge in [0.1, 0.15) is 6.61 Å². The molecule has 2 aliphatic rings. The molecule has 9 nitrogen and oxygen atoms in total. The van der Waals surface area contributed by atoms with Gasteiger partial charge in [0.25, 0.3) is 5.56 Å². The summed E-state index contributed by atoms with van der Waals surface area (Å²) < 4.78 is 6.99. The number of H-pyrrole nitrogens is 1. The molecule has 4 heterocycles. The van der Waals surface area contributed by atoms with Crippen LogP contribution in [0.2, 0.25) is 0 Å². The number of ether oxygens (including phenoxy) is 1. The molecule has 1 unspecified atom stereocenters. The van der Waals surface area contributed by atoms with E-state index in [2.05, 4.69) is 25.9 Å². The highest BCUT2D eigenvalue weighted by molar-refractivity contribution is 5.78. The third-order valence-corrected chi connectivity index (χ3v) is 6.14. The topological polar surface area (TPSA) is 100 Å². The molecule has 2 saturated heterocycles. The minimum atomic E-state index is -0.139. The van der Waals surface area contributed by atoms with E-state index >= 15 is 0 Å². The number of carbonyl (C=O) groups excluding carboxylic acids is 2. The Morgan fingerprint density at radius 2 is 2.06 bits per heavy atom. The number of nitrogens with one attached hydrogen (secondary N) is 1. The molecule has 0 aliphatic carbocycles. The second kappa shape index (κ2) is 8.45. The Morgan fingerprint density at radius 1 is 1.26 bits per heavy atom. The summed E-state index contributed by atoms with van der Waals surface area (Å²) in [5.74, 6) is 0.135. The summed E-state index contributed by atoms with van der Waals surface area (Å²) in [6.07, 6.45) is 2.28. The van der Waals surface area contributed by atoms with Crippen molar-refractivity contribution in [3.63, 3.8) is 0 Å². The van der Waals surface area contributed by atoms with Gasteiger partial charge in [-0.3, -0.25) is 19.5 Å². The molecule has 2 fully saturated rings. The number of carbonyl (C=O) groups is 2. The standard InChI is InChI=1S/C22H31N5O4/c1-22(2,3)17-12-18-23-16(11-20(29)27(18)24-17)15-6-8-26(13-15)21(30)14-31-10-9-25-7-4-5-19(25)28/h11-12,15,24H,4-10,13-14H2,1-3H3. The smallest absolute Gasteiger partial charge is 0.272 e. The van der Waals surface area contributed by atoms with Gasteiger partial charge >= 0.3 is 0 Å². The quantitative estimate of drug-likeness (QED) is 0.697. The molecule has 1 N–H and O–H groups in total. The van der Waals surface area contributed by atoms with Gasteiger partial charge in [0.2, 0.25) is 11.8 Å². The van der Waals surface area contributed by atoms with E-state index in [0.717, 1.165) is 30.8 Å². The van der Waals surface area contributed by atoms with Crippen molar-refractivity contribution in [1.29, 1.82) is 0 Å². The Hall–Kier alpha value is -2.68. The first-order valence-electron chi connectivity index (χ1n) is 11.0. The average molecular weight is 430 g/mol. The highest BCUT2D eigenvalue weighted by Gasteiger charge is 2.29. The SMILES string of the molecule is CC(C)(C)c1cc2nc(C3CCN(C(=O)COCCN4CCCC4=O)C3)cc(=O)n2[nH]1. The average Bonchev–Trinajstić information content (AvgIpc) is 3.44. The summed E-state index contributed by atoms with van der Waals surface area (Å²) in [5.41, 5.74) is 2.04. The van der Waals surface area contributed by atoms with Gasteiger partial charge in [-0.15, -0.1) is 0 Å². The lowest BCUT2D eigenvalue weighted by Gasteiger charge is -2.18. The fourth-order valence-corrected chi connectivity index (χ4v) is 4.20. The fraction of sp³-hybridized carbons (Fsp3) is 0.636. The first-order chi connectivity index (χ1) is 14.7. The minimum Gasteiger partial charge on any atom is -0.370 e. The van der Waals surface area contributed by atoms with Crippen molar-refractivity contribution < 1.29 is 14.3 Å². The molecule has 2 aliphatic heterocycles. The van der Waals surface area contributed by atoms with Crippen molar-refractivity contribution in [3.05, 3.63) is 33.9 Å². The molecule has 0 radical (unpaired) electrons. The normalized spacial score (nSPS) is 19.7. The lowest BCUT2D eigenvalue weighted by Crippen LogP contribution is -2.34. The van der Waals surface area contributed by atoms with Crippen molar-refractivity contribution in [2.75, 3.05) is 39.4 Å². The molecule has 1 atom stereocenters. The summed E-state index contributed by atoms with van der Waals surface area (Å²) in [5, 5.41) is 3.14. The van der Waals surface area contributed by atoms with Gasteiger partial charge in [-0.2, -0.15) is 0 Å². The van der Waals surface area contributed by atoms with Gasteiger partial charge in [0.15, 0.2) is 5.65 Å². The van der Waals surface area contributed by atoms with Crippen molar-refractivity contribution in [3.8, 4) is 0 Å². The predicted molar refractivity (Wildman–Crippen MR) is 115 cm³/mol. The van der Waals surface area contributed by atoms with E-state index in [1.807, 2.05) is 6.07 Å². The van der Waals surface area contributed by atoms with Crippen LogP contribution in [0.3, 0.4) is 0 Å². The highest BCUT2D eigenvalue weighted by atomic mass is 16.5. The van der Waals surface area contributed by atoms with Gasteiger partial charge in [-0.25, -0.2) is 9.50 Å². The van der Waals surface area contributed by atoms with Crippen LogP contribution in [0.1, 0.15) is 57.3 Å². The number of likely N-dealkylation sites (tertiary alicyclic amines) is 2. The Balaban J connectivity index is 1.33. The number of amides is 2. The molecule has 2 amide bonds. The van der Waals surface area contributed by atoms with E-state index in [-0.39, 0.29) is 35.3 Å². The zero-order chi connectivity index (χ0) is 22.2. The monoisotopic (exact) mass is 429 g/mol. The second-order valence-electron chi connectivity index (χ2n) is 9.49. The van der Waals surface area contributed by atoms with Crippen molar-refractivity contribution in [1.82, 2.24) is 24.4 Å². The first-order valence-corrected chi connectivity index (χ1v) is 11.0. The molecular weight excluding hydrogens is 398 g/mol. The maximum absolute atomic E-state index is 12.6. The van der Waals surface area contributed by atoms with E-state index in [4.69, 9.17) is 9.72 Å². The number of fused-ring (bicyclic) bond motifs is 1. The maximum Gasteiger partial charge on any atom is 0.272 e. The Morgan fingerprint density at radius 3 is 2.77 bits per heavy atom. The molecule has 0 bridgehead atoms. The fourth-order valence-electron chi connectivity index (χ4n) is 4.20. The third-order valence-electron chi connectivity index (χ3n) is 6.14. The van der Waals surface area contributed by atoms with Crippen LogP contribution in [-0.2, 0) is 19.7 Å². The summed E-state index contributed by atoms with van der Waals surface area (Å²) in [6, 6.07) is 3.49. The van der Waals surface area contributed by atoms with Crippen molar-refractivity contribution in [2.45, 2.75) is 51.4 Å². The lowest BCUT2D eigenvalue weighted by molar-refractivity contribution is -0.135. The van der Waals surface area contributed by atoms with Crippen LogP contribution in [0.5, 0.6) is 0 Å². The predicted octanol–water partition coefficient (Wildman–Crippen LogP) is 1.28. The molecule has 31 heavy (non-hydrogen) atoms. The number of rotatable bonds is 6. The van der Waals surface area contributed by atoms with E-state index in [0.29, 0.717) is 38.3 Å². The summed E-state index contributed by atoms with van der Waals surface area (Å²) in [7, 11) is 0. The van der Waals surface area contributed by atoms with Gasteiger partial charge in [0, 0.05) is 61.8 Å². The summed E-state index contributed by atoms with van der Waals surface area (Å²) in [4.78, 5) is 44.9. The molecule has 4 rings (SSSR count). The largest absolute Gasteiger partial charge is 0.370 e. The van der Waals surface area contributed by atoms with Crippen LogP contribution < -0.4 is 5.56 Å². The number of nitrogens with zero attached hydrogens (tertiary/aromatic N) is 4. The van der Waals surface area contributed by atoms with Crippen LogP contribution in [0.4, 0.5) is 0 Å². The molecule has 2 aromatic rings. The van der Waals surface area contributed by atoms with Crippen molar-refractivity contribution in [2.24, 2.45) is 0 Å². The third kappa shape index (κ3) is 4.66. The first kappa shape index (κ1) is 21.5. The van der Waals surface area contributed by atoms with Gasteiger partial charge in [0.05, 0.1) is 12.3 Å². The Labute approximate surface area is 181 Å². The van der Waals surface area contributed by atoms with Crippen LogP contribution >= 0.6 is 0 Å². The molecule has 2 aromatic heterocycles. The molecule has 168 valence electrons. The Kier molecular flexibility index (Phi) is 5.88. The summed E-state index contributed by atoms with van der Waals surface area (Å²) >= 11 is 0. The van der Waals surface area contributed by atoms with E-state index in [1.54, 1.807) is 15.9 Å². The van der Waals surface area contributed by atoms with Gasteiger partial charge in [-0.1, -0.05) is 20.8 Å². The minimum absolute atomic E-state index is 0.0105. The molecule has 9 heteroatoms. The van der Waals surface area contributed by atoms with E-state index < -0.39 is 0 Å². The van der Waals surface area contributed by atoms with Gasteiger partial charge in [-0.05, 0) is 12.8 Å². The Bertz CT molecular complexity index is 1030. The van der Waals surface area contributed by atoms with Crippen LogP contribution in [-0.4, -0.2) is 75.6 Å². The lowest BCUT2D eigenvalue weighted by atomic mass is 9.93. The number of aromatic nitrogens is 3. The molecule has 0 saturated carbocycles. The molecular formula is C22H31N5O4. The molecule has 0 aromatic carbocycles. The molecule has 0 spiro atoms. The second-order valence-corrected chi connectivity index (χ2v) is 9.49.